The number of fused-ring (bicyclic) bond motifs is 2. The zero-order valence-electron chi connectivity index (χ0n) is 12.9. The highest BCUT2D eigenvalue weighted by Crippen LogP contribution is 2.32. The highest BCUT2D eigenvalue weighted by molar-refractivity contribution is 5.95. The topological polar surface area (TPSA) is 47.6 Å². The number of hydrogen-bond acceptors (Lipinski definition) is 3. The highest BCUT2D eigenvalue weighted by atomic mass is 16.6. The molecule has 1 heterocycles. The summed E-state index contributed by atoms with van der Waals surface area (Å²) in [6.07, 6.45) is 3.90. The average Bonchev–Trinajstić information content (AvgIpc) is 2.61. The molecule has 1 amide bonds. The molecular weight excluding hydrogens is 290 g/mol. The van der Waals surface area contributed by atoms with Crippen LogP contribution in [-0.2, 0) is 17.6 Å². The Morgan fingerprint density at radius 1 is 1.00 bits per heavy atom. The second-order valence-electron chi connectivity index (χ2n) is 6.00. The molecule has 0 saturated carbocycles. The molecule has 4 heteroatoms. The van der Waals surface area contributed by atoms with E-state index in [1.807, 2.05) is 36.4 Å². The lowest BCUT2D eigenvalue weighted by atomic mass is 9.90. The molecule has 0 radical (unpaired) electrons. The first-order valence-electron chi connectivity index (χ1n) is 8.11. The Bertz CT molecular complexity index is 741. The first-order chi connectivity index (χ1) is 11.3. The van der Waals surface area contributed by atoms with E-state index in [0.717, 1.165) is 18.5 Å². The van der Waals surface area contributed by atoms with Gasteiger partial charge in [0.05, 0.1) is 0 Å². The summed E-state index contributed by atoms with van der Waals surface area (Å²) in [5.41, 5.74) is 3.53. The fourth-order valence-electron chi connectivity index (χ4n) is 3.26. The molecule has 23 heavy (non-hydrogen) atoms. The van der Waals surface area contributed by atoms with Crippen molar-refractivity contribution in [3.63, 3.8) is 0 Å². The number of para-hydroxylation sites is 2. The molecular formula is C19H19NO3. The maximum absolute atomic E-state index is 12.5. The number of aryl methyl sites for hydroxylation is 1. The van der Waals surface area contributed by atoms with E-state index in [4.69, 9.17) is 9.47 Å². The van der Waals surface area contributed by atoms with E-state index < -0.39 is 6.10 Å². The van der Waals surface area contributed by atoms with Crippen LogP contribution in [0.15, 0.2) is 42.5 Å². The van der Waals surface area contributed by atoms with Crippen LogP contribution in [0, 0.1) is 0 Å². The van der Waals surface area contributed by atoms with Crippen molar-refractivity contribution in [2.75, 3.05) is 11.9 Å². The minimum absolute atomic E-state index is 0.154. The maximum atomic E-state index is 12.5. The quantitative estimate of drug-likeness (QED) is 0.925. The van der Waals surface area contributed by atoms with Crippen LogP contribution in [0.5, 0.6) is 11.5 Å². The van der Waals surface area contributed by atoms with Gasteiger partial charge in [-0.05, 0) is 55.0 Å². The molecule has 0 fully saturated rings. The van der Waals surface area contributed by atoms with E-state index >= 15 is 0 Å². The van der Waals surface area contributed by atoms with Crippen molar-refractivity contribution < 1.29 is 14.3 Å². The van der Waals surface area contributed by atoms with Gasteiger partial charge in [0, 0.05) is 5.69 Å². The number of amides is 1. The maximum Gasteiger partial charge on any atom is 0.269 e. The molecule has 4 nitrogen and oxygen atoms in total. The summed E-state index contributed by atoms with van der Waals surface area (Å²) in [4.78, 5) is 12.5. The molecule has 2 aromatic rings. The normalized spacial score (nSPS) is 18.9. The molecule has 2 aliphatic rings. The van der Waals surface area contributed by atoms with Crippen molar-refractivity contribution in [1.29, 1.82) is 0 Å². The predicted molar refractivity (Wildman–Crippen MR) is 88.1 cm³/mol. The SMILES string of the molecule is O=C(Nc1cccc2c1CCCC2)[C@H]1COc2ccccc2O1. The van der Waals surface area contributed by atoms with Gasteiger partial charge >= 0.3 is 0 Å². The Balaban J connectivity index is 1.51. The van der Waals surface area contributed by atoms with Gasteiger partial charge in [0.15, 0.2) is 11.5 Å². The minimum Gasteiger partial charge on any atom is -0.485 e. The fourth-order valence-corrected chi connectivity index (χ4v) is 3.26. The van der Waals surface area contributed by atoms with Gasteiger partial charge in [-0.1, -0.05) is 24.3 Å². The smallest absolute Gasteiger partial charge is 0.269 e. The summed E-state index contributed by atoms with van der Waals surface area (Å²) >= 11 is 0. The molecule has 1 N–H and O–H groups in total. The van der Waals surface area contributed by atoms with E-state index in [0.29, 0.717) is 11.5 Å². The molecule has 0 aromatic heterocycles. The summed E-state index contributed by atoms with van der Waals surface area (Å²) < 4.78 is 11.4. The zero-order valence-corrected chi connectivity index (χ0v) is 12.9. The summed E-state index contributed by atoms with van der Waals surface area (Å²) in [5.74, 6) is 1.15. The van der Waals surface area contributed by atoms with Gasteiger partial charge < -0.3 is 14.8 Å². The number of anilines is 1. The largest absolute Gasteiger partial charge is 0.485 e. The molecule has 118 valence electrons. The van der Waals surface area contributed by atoms with Crippen LogP contribution < -0.4 is 14.8 Å². The van der Waals surface area contributed by atoms with E-state index in [9.17, 15) is 4.79 Å². The van der Waals surface area contributed by atoms with Gasteiger partial charge in [0.1, 0.15) is 6.61 Å². The second kappa shape index (κ2) is 5.95. The van der Waals surface area contributed by atoms with Crippen LogP contribution >= 0.6 is 0 Å². The van der Waals surface area contributed by atoms with Crippen molar-refractivity contribution in [1.82, 2.24) is 0 Å². The molecule has 2 aromatic carbocycles. The predicted octanol–water partition coefficient (Wildman–Crippen LogP) is 3.34. The molecule has 4 rings (SSSR count). The first-order valence-corrected chi connectivity index (χ1v) is 8.11. The highest BCUT2D eigenvalue weighted by Gasteiger charge is 2.28. The van der Waals surface area contributed by atoms with Gasteiger partial charge in [0.25, 0.3) is 5.91 Å². The lowest BCUT2D eigenvalue weighted by Crippen LogP contribution is -2.40. The number of rotatable bonds is 2. The fraction of sp³-hybridized carbons (Fsp3) is 0.316. The Hall–Kier alpha value is -2.49. The Morgan fingerprint density at radius 3 is 2.74 bits per heavy atom. The molecule has 0 bridgehead atoms. The van der Waals surface area contributed by atoms with Crippen molar-refractivity contribution >= 4 is 11.6 Å². The van der Waals surface area contributed by atoms with Gasteiger partial charge in [-0.3, -0.25) is 4.79 Å². The monoisotopic (exact) mass is 309 g/mol. The van der Waals surface area contributed by atoms with Crippen LogP contribution in [0.25, 0.3) is 0 Å². The van der Waals surface area contributed by atoms with Crippen LogP contribution in [0.1, 0.15) is 24.0 Å². The van der Waals surface area contributed by atoms with Crippen molar-refractivity contribution in [2.24, 2.45) is 0 Å². The number of nitrogens with one attached hydrogen (secondary N) is 1. The Labute approximate surface area is 135 Å². The molecule has 1 aliphatic heterocycles. The molecule has 1 atom stereocenters. The van der Waals surface area contributed by atoms with Crippen molar-refractivity contribution in [3.05, 3.63) is 53.6 Å². The van der Waals surface area contributed by atoms with Crippen molar-refractivity contribution in [3.8, 4) is 11.5 Å². The van der Waals surface area contributed by atoms with E-state index in [1.54, 1.807) is 0 Å². The second-order valence-corrected chi connectivity index (χ2v) is 6.00. The van der Waals surface area contributed by atoms with Crippen LogP contribution in [0.2, 0.25) is 0 Å². The lowest BCUT2D eigenvalue weighted by Gasteiger charge is -2.26. The summed E-state index contributed by atoms with van der Waals surface area (Å²) in [6.45, 7) is 0.234. The standard InChI is InChI=1S/C19H19NO3/c21-19(18-12-22-16-10-3-4-11-17(16)23-18)20-15-9-5-7-13-6-1-2-8-14(13)15/h3-5,7,9-11,18H,1-2,6,8,12H2,(H,20,21)/t18-/m1/s1. The number of carbonyl (C=O) groups excluding carboxylic acids is 1. The number of benzene rings is 2. The van der Waals surface area contributed by atoms with E-state index in [-0.39, 0.29) is 12.5 Å². The van der Waals surface area contributed by atoms with Gasteiger partial charge in [-0.2, -0.15) is 0 Å². The molecule has 0 saturated heterocycles. The third-order valence-electron chi connectivity index (χ3n) is 4.45. The molecule has 1 aliphatic carbocycles. The summed E-state index contributed by atoms with van der Waals surface area (Å²) in [7, 11) is 0. The zero-order chi connectivity index (χ0) is 15.6. The van der Waals surface area contributed by atoms with Crippen molar-refractivity contribution in [2.45, 2.75) is 31.8 Å². The minimum atomic E-state index is -0.621. The first kappa shape index (κ1) is 14.1. The van der Waals surface area contributed by atoms with E-state index in [2.05, 4.69) is 11.4 Å². The van der Waals surface area contributed by atoms with Crippen LogP contribution in [0.3, 0.4) is 0 Å². The summed E-state index contributed by atoms with van der Waals surface area (Å²) in [6, 6.07) is 13.6. The van der Waals surface area contributed by atoms with Gasteiger partial charge in [-0.25, -0.2) is 0 Å². The Kier molecular flexibility index (Phi) is 3.66. The Morgan fingerprint density at radius 2 is 1.83 bits per heavy atom. The summed E-state index contributed by atoms with van der Waals surface area (Å²) in [5, 5.41) is 3.03. The third-order valence-corrected chi connectivity index (χ3v) is 4.45. The number of ether oxygens (including phenoxy) is 2. The van der Waals surface area contributed by atoms with Gasteiger partial charge in [-0.15, -0.1) is 0 Å². The molecule has 0 spiro atoms. The molecule has 0 unspecified atom stereocenters. The average molecular weight is 309 g/mol. The van der Waals surface area contributed by atoms with Gasteiger partial charge in [0.2, 0.25) is 6.10 Å². The van der Waals surface area contributed by atoms with E-state index in [1.165, 1.54) is 24.0 Å². The number of carbonyl (C=O) groups is 1. The third kappa shape index (κ3) is 2.77. The van der Waals surface area contributed by atoms with Crippen LogP contribution in [0.4, 0.5) is 5.69 Å². The number of hydrogen-bond donors (Lipinski definition) is 1. The lowest BCUT2D eigenvalue weighted by molar-refractivity contribution is -0.125. The van der Waals surface area contributed by atoms with Crippen LogP contribution in [-0.4, -0.2) is 18.6 Å².